The molecule has 24 heavy (non-hydrogen) atoms. The van der Waals surface area contributed by atoms with Gasteiger partial charge in [0.1, 0.15) is 5.82 Å². The van der Waals surface area contributed by atoms with Gasteiger partial charge in [-0.2, -0.15) is 5.10 Å². The second-order valence-electron chi connectivity index (χ2n) is 4.87. The van der Waals surface area contributed by atoms with Crippen molar-refractivity contribution < 1.29 is 14.0 Å². The fourth-order valence-corrected chi connectivity index (χ4v) is 2.06. The Kier molecular flexibility index (Phi) is 6.62. The molecule has 2 N–H and O–H groups in total. The second-order valence-corrected chi connectivity index (χ2v) is 5.79. The lowest BCUT2D eigenvalue weighted by atomic mass is 10.2. The Hall–Kier alpha value is -2.54. The minimum Gasteiger partial charge on any atom is -0.326 e. The van der Waals surface area contributed by atoms with Crippen LogP contribution in [0.15, 0.2) is 58.1 Å². The first-order valence-corrected chi connectivity index (χ1v) is 7.96. The van der Waals surface area contributed by atoms with Crippen LogP contribution in [0.2, 0.25) is 0 Å². The number of nitrogens with zero attached hydrogens (tertiary/aromatic N) is 1. The highest BCUT2D eigenvalue weighted by Gasteiger charge is 2.07. The Bertz CT molecular complexity index is 748. The third kappa shape index (κ3) is 5.92. The van der Waals surface area contributed by atoms with Crippen molar-refractivity contribution in [1.82, 2.24) is 5.43 Å². The topological polar surface area (TPSA) is 70.6 Å². The van der Waals surface area contributed by atoms with Gasteiger partial charge in [0.2, 0.25) is 11.8 Å². The molecule has 2 aromatic rings. The van der Waals surface area contributed by atoms with Crippen LogP contribution in [-0.2, 0) is 9.59 Å². The lowest BCUT2D eigenvalue weighted by molar-refractivity contribution is -0.124. The minimum atomic E-state index is -0.427. The Morgan fingerprint density at radius 3 is 2.42 bits per heavy atom. The number of benzene rings is 2. The number of rotatable bonds is 6. The molecule has 2 aromatic carbocycles. The van der Waals surface area contributed by atoms with Crippen LogP contribution in [0.25, 0.3) is 0 Å². The van der Waals surface area contributed by atoms with Crippen molar-refractivity contribution in [1.29, 1.82) is 0 Å². The van der Waals surface area contributed by atoms with Crippen molar-refractivity contribution in [2.24, 2.45) is 5.10 Å². The molecular weight excluding hydrogens is 377 g/mol. The van der Waals surface area contributed by atoms with Crippen molar-refractivity contribution in [3.8, 4) is 0 Å². The molecule has 0 aliphatic carbocycles. The summed E-state index contributed by atoms with van der Waals surface area (Å²) in [6.07, 6.45) is 1.23. The molecule has 0 atom stereocenters. The van der Waals surface area contributed by atoms with Crippen LogP contribution in [0.1, 0.15) is 18.4 Å². The van der Waals surface area contributed by atoms with E-state index in [1.165, 1.54) is 18.3 Å². The summed E-state index contributed by atoms with van der Waals surface area (Å²) in [7, 11) is 0. The van der Waals surface area contributed by atoms with E-state index in [2.05, 4.69) is 31.8 Å². The molecule has 0 heterocycles. The number of carbonyl (C=O) groups is 2. The van der Waals surface area contributed by atoms with Gasteiger partial charge in [0.05, 0.1) is 6.21 Å². The van der Waals surface area contributed by atoms with Gasteiger partial charge in [-0.05, 0) is 30.3 Å². The third-order valence-corrected chi connectivity index (χ3v) is 3.53. The number of carbonyl (C=O) groups excluding carboxylic acids is 2. The van der Waals surface area contributed by atoms with Gasteiger partial charge in [0.25, 0.3) is 0 Å². The average molecular weight is 392 g/mol. The number of halogens is 2. The number of hydrogen-bond acceptors (Lipinski definition) is 3. The van der Waals surface area contributed by atoms with Crippen molar-refractivity contribution in [3.05, 3.63) is 64.4 Å². The Labute approximate surface area is 147 Å². The largest absolute Gasteiger partial charge is 0.326 e. The molecular formula is C17H15BrFN3O2. The second kappa shape index (κ2) is 8.93. The van der Waals surface area contributed by atoms with Crippen LogP contribution in [0.4, 0.5) is 10.1 Å². The molecule has 0 aliphatic heterocycles. The summed E-state index contributed by atoms with van der Waals surface area (Å²) < 4.78 is 14.2. The van der Waals surface area contributed by atoms with Crippen LogP contribution in [0, 0.1) is 5.82 Å². The minimum absolute atomic E-state index is 0.0169. The highest BCUT2D eigenvalue weighted by molar-refractivity contribution is 9.10. The molecule has 0 unspecified atom stereocenters. The smallest absolute Gasteiger partial charge is 0.240 e. The molecule has 0 aromatic heterocycles. The summed E-state index contributed by atoms with van der Waals surface area (Å²) in [6, 6.07) is 13.2. The van der Waals surface area contributed by atoms with Gasteiger partial charge in [0, 0.05) is 28.6 Å². The number of amides is 2. The quantitative estimate of drug-likeness (QED) is 0.584. The predicted octanol–water partition coefficient (Wildman–Crippen LogP) is 3.46. The zero-order valence-electron chi connectivity index (χ0n) is 12.6. The first-order valence-electron chi connectivity index (χ1n) is 7.16. The fraction of sp³-hybridized carbons (Fsp3) is 0.118. The molecule has 0 bridgehead atoms. The first kappa shape index (κ1) is 17.8. The maximum atomic E-state index is 13.3. The van der Waals surface area contributed by atoms with Gasteiger partial charge in [0.15, 0.2) is 0 Å². The maximum Gasteiger partial charge on any atom is 0.240 e. The molecule has 0 fully saturated rings. The molecule has 2 amide bonds. The maximum absolute atomic E-state index is 13.3. The summed E-state index contributed by atoms with van der Waals surface area (Å²) in [5.41, 5.74) is 3.19. The summed E-state index contributed by atoms with van der Waals surface area (Å²) in [6.45, 7) is 0. The van der Waals surface area contributed by atoms with Gasteiger partial charge >= 0.3 is 0 Å². The van der Waals surface area contributed by atoms with E-state index in [-0.39, 0.29) is 24.3 Å². The van der Waals surface area contributed by atoms with Crippen molar-refractivity contribution in [2.75, 3.05) is 5.32 Å². The van der Waals surface area contributed by atoms with E-state index in [0.717, 1.165) is 4.47 Å². The SMILES string of the molecule is O=C(CCC(=O)Nc1ccc(Br)cc1)NN=Cc1ccccc1F. The zero-order chi connectivity index (χ0) is 17.4. The molecule has 124 valence electrons. The van der Waals surface area contributed by atoms with Crippen LogP contribution in [0.5, 0.6) is 0 Å². The van der Waals surface area contributed by atoms with Gasteiger partial charge in [-0.3, -0.25) is 9.59 Å². The van der Waals surface area contributed by atoms with Crippen LogP contribution < -0.4 is 10.7 Å². The summed E-state index contributed by atoms with van der Waals surface area (Å²) in [5, 5.41) is 6.36. The van der Waals surface area contributed by atoms with Crippen LogP contribution in [-0.4, -0.2) is 18.0 Å². The van der Waals surface area contributed by atoms with E-state index < -0.39 is 11.7 Å². The van der Waals surface area contributed by atoms with Crippen molar-refractivity contribution in [3.63, 3.8) is 0 Å². The lowest BCUT2D eigenvalue weighted by Gasteiger charge is -2.04. The standard InChI is InChI=1S/C17H15BrFN3O2/c18-13-5-7-14(8-6-13)21-16(23)9-10-17(24)22-20-11-12-3-1-2-4-15(12)19/h1-8,11H,9-10H2,(H,21,23)(H,22,24). The highest BCUT2D eigenvalue weighted by Crippen LogP contribution is 2.14. The normalized spacial score (nSPS) is 10.6. The Balaban J connectivity index is 1.73. The molecule has 7 heteroatoms. The molecule has 0 spiro atoms. The Morgan fingerprint density at radius 1 is 1.04 bits per heavy atom. The molecule has 0 saturated heterocycles. The van der Waals surface area contributed by atoms with Crippen molar-refractivity contribution in [2.45, 2.75) is 12.8 Å². The van der Waals surface area contributed by atoms with E-state index in [4.69, 9.17) is 0 Å². The number of anilines is 1. The lowest BCUT2D eigenvalue weighted by Crippen LogP contribution is -2.20. The first-order chi connectivity index (χ1) is 11.5. The predicted molar refractivity (Wildman–Crippen MR) is 94.1 cm³/mol. The van der Waals surface area contributed by atoms with E-state index in [0.29, 0.717) is 5.69 Å². The van der Waals surface area contributed by atoms with Gasteiger partial charge in [-0.15, -0.1) is 0 Å². The van der Waals surface area contributed by atoms with Crippen LogP contribution >= 0.6 is 15.9 Å². The average Bonchev–Trinajstić information content (AvgIpc) is 2.57. The van der Waals surface area contributed by atoms with E-state index in [9.17, 15) is 14.0 Å². The van der Waals surface area contributed by atoms with Crippen LogP contribution in [0.3, 0.4) is 0 Å². The summed E-state index contributed by atoms with van der Waals surface area (Å²) >= 11 is 3.30. The molecule has 0 aliphatic rings. The third-order valence-electron chi connectivity index (χ3n) is 3.01. The zero-order valence-corrected chi connectivity index (χ0v) is 14.2. The number of hydrazone groups is 1. The number of nitrogens with one attached hydrogen (secondary N) is 2. The van der Waals surface area contributed by atoms with Gasteiger partial charge < -0.3 is 5.32 Å². The number of hydrogen-bond donors (Lipinski definition) is 2. The highest BCUT2D eigenvalue weighted by atomic mass is 79.9. The monoisotopic (exact) mass is 391 g/mol. The molecule has 0 saturated carbocycles. The van der Waals surface area contributed by atoms with Gasteiger partial charge in [-0.1, -0.05) is 34.1 Å². The summed E-state index contributed by atoms with van der Waals surface area (Å²) in [5.74, 6) is -1.12. The van der Waals surface area contributed by atoms with E-state index >= 15 is 0 Å². The van der Waals surface area contributed by atoms with Gasteiger partial charge in [-0.25, -0.2) is 9.82 Å². The van der Waals surface area contributed by atoms with Crippen molar-refractivity contribution >= 4 is 39.6 Å². The molecule has 0 radical (unpaired) electrons. The molecule has 5 nitrogen and oxygen atoms in total. The molecule has 2 rings (SSSR count). The van der Waals surface area contributed by atoms with E-state index in [1.807, 2.05) is 0 Å². The fourth-order valence-electron chi connectivity index (χ4n) is 1.79. The Morgan fingerprint density at radius 2 is 1.71 bits per heavy atom. The van der Waals surface area contributed by atoms with E-state index in [1.54, 1.807) is 36.4 Å². The summed E-state index contributed by atoms with van der Waals surface area (Å²) in [4.78, 5) is 23.4.